The molecular weight excluding hydrogens is 410 g/mol. The van der Waals surface area contributed by atoms with Gasteiger partial charge in [-0.05, 0) is 60.3 Å². The maximum atomic E-state index is 13.4. The fraction of sp³-hybridized carbons (Fsp3) is 0.517. The van der Waals surface area contributed by atoms with Crippen LogP contribution in [0.1, 0.15) is 65.4 Å². The van der Waals surface area contributed by atoms with Crippen molar-refractivity contribution in [2.24, 2.45) is 22.7 Å². The number of Topliss-reactive ketones (excluding diaryl/α,β-unsaturated/α-hetero) is 1. The molecule has 0 aliphatic heterocycles. The Hall–Kier alpha value is -2.62. The molecule has 1 aromatic carbocycles. The Morgan fingerprint density at radius 1 is 1.12 bits per heavy atom. The second-order valence-electron chi connectivity index (χ2n) is 11.0. The van der Waals surface area contributed by atoms with Crippen molar-refractivity contribution in [2.75, 3.05) is 6.54 Å². The van der Waals surface area contributed by atoms with E-state index in [1.807, 2.05) is 30.3 Å². The van der Waals surface area contributed by atoms with Crippen molar-refractivity contribution < 1.29 is 14.7 Å². The van der Waals surface area contributed by atoms with E-state index in [1.54, 1.807) is 0 Å². The SMILES string of the molecule is C[C@H]1CC=C2[C@@H](CCCC2(C)C)[C@]1(C)CC1=C(O)C(=O)C=C(NCCc2ccccc2)C1=O. The molecule has 0 radical (unpaired) electrons. The van der Waals surface area contributed by atoms with Crippen LogP contribution in [0.2, 0.25) is 0 Å². The summed E-state index contributed by atoms with van der Waals surface area (Å²) in [6.07, 6.45) is 9.29. The fourth-order valence-electron chi connectivity index (χ4n) is 6.18. The number of hydrogen-bond donors (Lipinski definition) is 2. The van der Waals surface area contributed by atoms with Crippen LogP contribution in [0, 0.1) is 22.7 Å². The first-order chi connectivity index (χ1) is 15.6. The molecule has 3 aliphatic rings. The Kier molecular flexibility index (Phi) is 6.39. The zero-order chi connectivity index (χ0) is 23.8. The van der Waals surface area contributed by atoms with Gasteiger partial charge in [0, 0.05) is 18.2 Å². The van der Waals surface area contributed by atoms with Gasteiger partial charge in [-0.15, -0.1) is 0 Å². The minimum absolute atomic E-state index is 0.164. The largest absolute Gasteiger partial charge is 0.504 e. The molecular formula is C29H37NO3. The van der Waals surface area contributed by atoms with Gasteiger partial charge in [-0.2, -0.15) is 0 Å². The summed E-state index contributed by atoms with van der Waals surface area (Å²) in [6, 6.07) is 10.0. The maximum absolute atomic E-state index is 13.4. The summed E-state index contributed by atoms with van der Waals surface area (Å²) in [4.78, 5) is 26.0. The van der Waals surface area contributed by atoms with Gasteiger partial charge in [0.05, 0.1) is 5.70 Å². The van der Waals surface area contributed by atoms with Crippen molar-refractivity contribution in [3.8, 4) is 0 Å². The number of fused-ring (bicyclic) bond motifs is 1. The molecule has 1 aromatic rings. The van der Waals surface area contributed by atoms with Gasteiger partial charge in [0.25, 0.3) is 0 Å². The predicted molar refractivity (Wildman–Crippen MR) is 132 cm³/mol. The van der Waals surface area contributed by atoms with E-state index in [1.165, 1.54) is 30.1 Å². The quantitative estimate of drug-likeness (QED) is 0.424. The first-order valence-electron chi connectivity index (χ1n) is 12.3. The molecule has 33 heavy (non-hydrogen) atoms. The zero-order valence-corrected chi connectivity index (χ0v) is 20.4. The first-order valence-corrected chi connectivity index (χ1v) is 12.3. The van der Waals surface area contributed by atoms with Crippen LogP contribution in [-0.4, -0.2) is 23.2 Å². The molecule has 4 rings (SSSR count). The van der Waals surface area contributed by atoms with Gasteiger partial charge in [-0.1, -0.05) is 76.1 Å². The summed E-state index contributed by atoms with van der Waals surface area (Å²) in [5.74, 6) is -0.344. The summed E-state index contributed by atoms with van der Waals surface area (Å²) >= 11 is 0. The smallest absolute Gasteiger partial charge is 0.222 e. The highest BCUT2D eigenvalue weighted by atomic mass is 16.3. The van der Waals surface area contributed by atoms with Crippen LogP contribution in [0.5, 0.6) is 0 Å². The van der Waals surface area contributed by atoms with E-state index >= 15 is 0 Å². The minimum Gasteiger partial charge on any atom is -0.504 e. The Morgan fingerprint density at radius 3 is 2.58 bits per heavy atom. The van der Waals surface area contributed by atoms with Gasteiger partial charge in [-0.3, -0.25) is 9.59 Å². The molecule has 0 bridgehead atoms. The van der Waals surface area contributed by atoms with Gasteiger partial charge in [-0.25, -0.2) is 0 Å². The third kappa shape index (κ3) is 4.45. The number of carbonyl (C=O) groups is 2. The molecule has 176 valence electrons. The van der Waals surface area contributed by atoms with Crippen LogP contribution in [-0.2, 0) is 16.0 Å². The predicted octanol–water partition coefficient (Wildman–Crippen LogP) is 5.86. The Labute approximate surface area is 197 Å². The van der Waals surface area contributed by atoms with Crippen molar-refractivity contribution >= 4 is 11.6 Å². The molecule has 0 amide bonds. The lowest BCUT2D eigenvalue weighted by molar-refractivity contribution is -0.118. The molecule has 0 unspecified atom stereocenters. The number of carbonyl (C=O) groups excluding carboxylic acids is 2. The van der Waals surface area contributed by atoms with Crippen LogP contribution >= 0.6 is 0 Å². The summed E-state index contributed by atoms with van der Waals surface area (Å²) in [5.41, 5.74) is 3.24. The summed E-state index contributed by atoms with van der Waals surface area (Å²) in [6.45, 7) is 9.71. The number of allylic oxidation sites excluding steroid dienone is 4. The van der Waals surface area contributed by atoms with Crippen molar-refractivity contribution in [1.29, 1.82) is 0 Å². The maximum Gasteiger partial charge on any atom is 0.222 e. The van der Waals surface area contributed by atoms with Gasteiger partial charge in [0.1, 0.15) is 0 Å². The molecule has 2 N–H and O–H groups in total. The van der Waals surface area contributed by atoms with E-state index in [0.717, 1.165) is 19.3 Å². The van der Waals surface area contributed by atoms with Crippen LogP contribution in [0.25, 0.3) is 0 Å². The van der Waals surface area contributed by atoms with Gasteiger partial charge in [0.15, 0.2) is 5.76 Å². The summed E-state index contributed by atoms with van der Waals surface area (Å²) in [5, 5.41) is 13.8. The van der Waals surface area contributed by atoms with Gasteiger partial charge in [0.2, 0.25) is 11.6 Å². The first kappa shape index (κ1) is 23.5. The molecule has 1 saturated carbocycles. The minimum atomic E-state index is -0.474. The van der Waals surface area contributed by atoms with E-state index in [-0.39, 0.29) is 27.9 Å². The monoisotopic (exact) mass is 447 g/mol. The average molecular weight is 448 g/mol. The lowest BCUT2D eigenvalue weighted by Gasteiger charge is -2.53. The van der Waals surface area contributed by atoms with Crippen molar-refractivity contribution in [2.45, 2.75) is 66.2 Å². The molecule has 1 fully saturated rings. The Balaban J connectivity index is 1.54. The van der Waals surface area contributed by atoms with Crippen molar-refractivity contribution in [3.63, 3.8) is 0 Å². The van der Waals surface area contributed by atoms with Crippen LogP contribution in [0.15, 0.2) is 65.1 Å². The van der Waals surface area contributed by atoms with Crippen LogP contribution in [0.4, 0.5) is 0 Å². The van der Waals surface area contributed by atoms with Crippen LogP contribution in [0.3, 0.4) is 0 Å². The van der Waals surface area contributed by atoms with E-state index in [0.29, 0.717) is 30.5 Å². The zero-order valence-electron chi connectivity index (χ0n) is 20.4. The lowest BCUT2D eigenvalue weighted by atomic mass is 9.51. The van der Waals surface area contributed by atoms with Gasteiger partial charge >= 0.3 is 0 Å². The number of nitrogens with one attached hydrogen (secondary N) is 1. The highest BCUT2D eigenvalue weighted by Crippen LogP contribution is 2.58. The normalized spacial score (nSPS) is 29.3. The Morgan fingerprint density at radius 2 is 1.85 bits per heavy atom. The number of aliphatic hydroxyl groups is 1. The highest BCUT2D eigenvalue weighted by Gasteiger charge is 2.49. The van der Waals surface area contributed by atoms with Crippen LogP contribution < -0.4 is 5.32 Å². The summed E-state index contributed by atoms with van der Waals surface area (Å²) < 4.78 is 0. The average Bonchev–Trinajstić information content (AvgIpc) is 2.78. The number of ketones is 2. The molecule has 0 aromatic heterocycles. The van der Waals surface area contributed by atoms with E-state index in [4.69, 9.17) is 0 Å². The highest BCUT2D eigenvalue weighted by molar-refractivity contribution is 6.21. The number of hydrogen-bond acceptors (Lipinski definition) is 4. The van der Waals surface area contributed by atoms with Crippen molar-refractivity contribution in [3.05, 3.63) is 70.6 Å². The third-order valence-corrected chi connectivity index (χ3v) is 8.51. The second kappa shape index (κ2) is 8.96. The molecule has 0 spiro atoms. The fourth-order valence-corrected chi connectivity index (χ4v) is 6.18. The molecule has 0 saturated heterocycles. The van der Waals surface area contributed by atoms with Gasteiger partial charge < -0.3 is 10.4 Å². The van der Waals surface area contributed by atoms with E-state index in [2.05, 4.69) is 39.1 Å². The number of benzene rings is 1. The third-order valence-electron chi connectivity index (χ3n) is 8.51. The number of aliphatic hydroxyl groups excluding tert-OH is 1. The molecule has 4 heteroatoms. The van der Waals surface area contributed by atoms with E-state index < -0.39 is 5.78 Å². The number of rotatable bonds is 6. The topological polar surface area (TPSA) is 66.4 Å². The standard InChI is InChI=1S/C29H37NO3/c1-19-12-13-22-23(11-8-15-28(22,2)3)29(19,4)18-21-26(32)24(17-25(31)27(21)33)30-16-14-20-9-6-5-7-10-20/h5-7,9-10,13,17,19,23,30,33H,8,11-12,14-16,18H2,1-4H3/t19-,23+,29+/m0/s1. The lowest BCUT2D eigenvalue weighted by Crippen LogP contribution is -2.45. The molecule has 0 heterocycles. The van der Waals surface area contributed by atoms with E-state index in [9.17, 15) is 14.7 Å². The Bertz CT molecular complexity index is 1030. The second-order valence-corrected chi connectivity index (χ2v) is 11.0. The molecule has 3 atom stereocenters. The summed E-state index contributed by atoms with van der Waals surface area (Å²) in [7, 11) is 0. The molecule has 4 nitrogen and oxygen atoms in total. The van der Waals surface area contributed by atoms with Crippen molar-refractivity contribution in [1.82, 2.24) is 5.32 Å². The molecule has 3 aliphatic carbocycles.